The van der Waals surface area contributed by atoms with Gasteiger partial charge in [0.1, 0.15) is 5.60 Å². The number of ether oxygens (including phenoxy) is 2. The van der Waals surface area contributed by atoms with Crippen LogP contribution in [0.2, 0.25) is 0 Å². The molecular formula is C15H24N2O3S. The van der Waals surface area contributed by atoms with Gasteiger partial charge >= 0.3 is 5.97 Å². The minimum Gasteiger partial charge on any atom is -0.459 e. The molecule has 0 aliphatic carbocycles. The van der Waals surface area contributed by atoms with Crippen LogP contribution in [0.25, 0.3) is 0 Å². The molecule has 21 heavy (non-hydrogen) atoms. The summed E-state index contributed by atoms with van der Waals surface area (Å²) in [5.74, 6) is 0.0509. The molecule has 1 aromatic heterocycles. The number of hydrogen-bond donors (Lipinski definition) is 1. The van der Waals surface area contributed by atoms with Gasteiger partial charge in [0.25, 0.3) is 0 Å². The maximum absolute atomic E-state index is 11.6. The molecule has 0 aromatic carbocycles. The second kappa shape index (κ2) is 9.02. The van der Waals surface area contributed by atoms with Crippen LogP contribution in [0.15, 0.2) is 23.4 Å². The monoisotopic (exact) mass is 312 g/mol. The molecule has 1 heterocycles. The van der Waals surface area contributed by atoms with Crippen LogP contribution in [0.5, 0.6) is 0 Å². The Morgan fingerprint density at radius 2 is 2.14 bits per heavy atom. The second-order valence-electron chi connectivity index (χ2n) is 5.55. The quantitative estimate of drug-likeness (QED) is 0.451. The maximum Gasteiger partial charge on any atom is 0.316 e. The van der Waals surface area contributed by atoms with Gasteiger partial charge in [-0.3, -0.25) is 4.79 Å². The lowest BCUT2D eigenvalue weighted by atomic mass is 10.2. The van der Waals surface area contributed by atoms with Crippen molar-refractivity contribution in [1.82, 2.24) is 10.3 Å². The Hall–Kier alpha value is -1.11. The van der Waals surface area contributed by atoms with E-state index in [9.17, 15) is 4.79 Å². The predicted molar refractivity (Wildman–Crippen MR) is 84.4 cm³/mol. The Labute approximate surface area is 130 Å². The fraction of sp³-hybridized carbons (Fsp3) is 0.600. The van der Waals surface area contributed by atoms with Crippen LogP contribution in [0.3, 0.4) is 0 Å². The minimum absolute atomic E-state index is 0.223. The van der Waals surface area contributed by atoms with E-state index in [-0.39, 0.29) is 11.7 Å². The van der Waals surface area contributed by atoms with E-state index in [1.165, 1.54) is 11.8 Å². The fourth-order valence-electron chi connectivity index (χ4n) is 1.51. The summed E-state index contributed by atoms with van der Waals surface area (Å²) in [5.41, 5.74) is 0.663. The second-order valence-corrected chi connectivity index (χ2v) is 6.55. The molecule has 118 valence electrons. The number of thioether (sulfide) groups is 1. The summed E-state index contributed by atoms with van der Waals surface area (Å²) in [7, 11) is 1.68. The van der Waals surface area contributed by atoms with E-state index in [0.29, 0.717) is 6.61 Å². The zero-order chi connectivity index (χ0) is 15.7. The Bertz CT molecular complexity index is 430. The van der Waals surface area contributed by atoms with Gasteiger partial charge in [-0.15, -0.1) is 0 Å². The molecule has 0 amide bonds. The summed E-state index contributed by atoms with van der Waals surface area (Å²) in [6.45, 7) is 7.84. The first-order chi connectivity index (χ1) is 9.90. The van der Waals surface area contributed by atoms with Crippen LogP contribution in [0, 0.1) is 0 Å². The molecule has 1 aromatic rings. The Morgan fingerprint density at radius 1 is 1.38 bits per heavy atom. The number of nitrogens with zero attached hydrogens (tertiary/aromatic N) is 1. The van der Waals surface area contributed by atoms with Gasteiger partial charge in [0.2, 0.25) is 0 Å². The highest BCUT2D eigenvalue weighted by Gasteiger charge is 2.16. The Balaban J connectivity index is 2.32. The minimum atomic E-state index is -0.442. The molecule has 0 atom stereocenters. The lowest BCUT2D eigenvalue weighted by Crippen LogP contribution is -2.24. The molecule has 0 bridgehead atoms. The summed E-state index contributed by atoms with van der Waals surface area (Å²) in [6.07, 6.45) is 1.82. The molecule has 0 unspecified atom stereocenters. The van der Waals surface area contributed by atoms with Crippen molar-refractivity contribution in [2.45, 2.75) is 37.9 Å². The largest absolute Gasteiger partial charge is 0.459 e. The third-order valence-corrected chi connectivity index (χ3v) is 3.28. The number of aromatic nitrogens is 1. The first kappa shape index (κ1) is 17.9. The number of rotatable bonds is 8. The van der Waals surface area contributed by atoms with Crippen LogP contribution >= 0.6 is 11.8 Å². The van der Waals surface area contributed by atoms with E-state index in [1.807, 2.05) is 39.1 Å². The normalized spacial score (nSPS) is 11.4. The predicted octanol–water partition coefficient (Wildman–Crippen LogP) is 2.25. The number of esters is 1. The zero-order valence-electron chi connectivity index (χ0n) is 13.1. The van der Waals surface area contributed by atoms with E-state index in [4.69, 9.17) is 9.47 Å². The van der Waals surface area contributed by atoms with Gasteiger partial charge in [-0.1, -0.05) is 17.8 Å². The van der Waals surface area contributed by atoms with Crippen LogP contribution < -0.4 is 5.32 Å². The topological polar surface area (TPSA) is 60.5 Å². The molecule has 0 aliphatic heterocycles. The van der Waals surface area contributed by atoms with Crippen molar-refractivity contribution in [3.8, 4) is 0 Å². The molecule has 6 heteroatoms. The summed E-state index contributed by atoms with van der Waals surface area (Å²) in [6, 6.07) is 3.92. The summed E-state index contributed by atoms with van der Waals surface area (Å²) >= 11 is 1.38. The Kier molecular flexibility index (Phi) is 7.71. The highest BCUT2D eigenvalue weighted by atomic mass is 32.2. The average Bonchev–Trinajstić information content (AvgIpc) is 2.41. The highest BCUT2D eigenvalue weighted by Crippen LogP contribution is 2.17. The van der Waals surface area contributed by atoms with Gasteiger partial charge in [0, 0.05) is 26.4 Å². The standard InChI is InChI=1S/C15H24N2O3S/c1-15(2,3)20-14(18)11-21-13-6-5-12(10-17-13)9-16-7-8-19-4/h5-6,10,16H,7-9,11H2,1-4H3. The van der Waals surface area contributed by atoms with Gasteiger partial charge in [0.05, 0.1) is 17.4 Å². The van der Waals surface area contributed by atoms with Gasteiger partial charge in [0.15, 0.2) is 0 Å². The zero-order valence-corrected chi connectivity index (χ0v) is 14.0. The summed E-state index contributed by atoms with van der Waals surface area (Å²) < 4.78 is 10.2. The van der Waals surface area contributed by atoms with Crippen molar-refractivity contribution in [3.05, 3.63) is 23.9 Å². The maximum atomic E-state index is 11.6. The molecule has 0 spiro atoms. The lowest BCUT2D eigenvalue weighted by molar-refractivity contribution is -0.151. The van der Waals surface area contributed by atoms with E-state index >= 15 is 0 Å². The third-order valence-electron chi connectivity index (χ3n) is 2.37. The van der Waals surface area contributed by atoms with E-state index in [0.717, 1.165) is 23.7 Å². The summed E-state index contributed by atoms with van der Waals surface area (Å²) in [4.78, 5) is 15.9. The van der Waals surface area contributed by atoms with Crippen molar-refractivity contribution in [2.24, 2.45) is 0 Å². The third kappa shape index (κ3) is 8.70. The van der Waals surface area contributed by atoms with Crippen molar-refractivity contribution < 1.29 is 14.3 Å². The number of hydrogen-bond acceptors (Lipinski definition) is 6. The SMILES string of the molecule is COCCNCc1ccc(SCC(=O)OC(C)(C)C)nc1. The van der Waals surface area contributed by atoms with Gasteiger partial charge in [-0.2, -0.15) is 0 Å². The lowest BCUT2D eigenvalue weighted by Gasteiger charge is -2.19. The number of carbonyl (C=O) groups is 1. The van der Waals surface area contributed by atoms with Crippen molar-refractivity contribution in [3.63, 3.8) is 0 Å². The molecular weight excluding hydrogens is 288 g/mol. The molecule has 1 rings (SSSR count). The number of methoxy groups -OCH3 is 1. The van der Waals surface area contributed by atoms with Crippen molar-refractivity contribution >= 4 is 17.7 Å². The van der Waals surface area contributed by atoms with Gasteiger partial charge in [-0.05, 0) is 32.4 Å². The molecule has 0 aliphatic rings. The molecule has 0 saturated carbocycles. The van der Waals surface area contributed by atoms with Crippen molar-refractivity contribution in [1.29, 1.82) is 0 Å². The summed E-state index contributed by atoms with van der Waals surface area (Å²) in [5, 5.41) is 4.07. The first-order valence-corrected chi connectivity index (χ1v) is 7.88. The number of nitrogens with one attached hydrogen (secondary N) is 1. The smallest absolute Gasteiger partial charge is 0.316 e. The molecule has 5 nitrogen and oxygen atoms in total. The van der Waals surface area contributed by atoms with Crippen LogP contribution in [0.4, 0.5) is 0 Å². The highest BCUT2D eigenvalue weighted by molar-refractivity contribution is 7.99. The van der Waals surface area contributed by atoms with E-state index in [1.54, 1.807) is 7.11 Å². The molecule has 0 radical (unpaired) electrons. The van der Waals surface area contributed by atoms with Crippen molar-refractivity contribution in [2.75, 3.05) is 26.0 Å². The van der Waals surface area contributed by atoms with E-state index < -0.39 is 5.60 Å². The first-order valence-electron chi connectivity index (χ1n) is 6.90. The van der Waals surface area contributed by atoms with E-state index in [2.05, 4.69) is 10.3 Å². The number of pyridine rings is 1. The Morgan fingerprint density at radius 3 is 2.71 bits per heavy atom. The van der Waals surface area contributed by atoms with Crippen LogP contribution in [-0.2, 0) is 20.8 Å². The van der Waals surface area contributed by atoms with Crippen LogP contribution in [0.1, 0.15) is 26.3 Å². The molecule has 0 saturated heterocycles. The fourth-order valence-corrected chi connectivity index (χ4v) is 2.13. The van der Waals surface area contributed by atoms with Crippen LogP contribution in [-0.4, -0.2) is 42.6 Å². The molecule has 0 fully saturated rings. The van der Waals surface area contributed by atoms with Gasteiger partial charge < -0.3 is 14.8 Å². The average molecular weight is 312 g/mol. The number of carbonyl (C=O) groups excluding carboxylic acids is 1. The van der Waals surface area contributed by atoms with Gasteiger partial charge in [-0.25, -0.2) is 4.98 Å². The molecule has 1 N–H and O–H groups in total.